The number of aliphatic carboxylic acids is 1. The Bertz CT molecular complexity index is 767. The molecule has 0 aliphatic rings. The minimum absolute atomic E-state index is 0.0102. The maximum atomic E-state index is 11.8. The monoisotopic (exact) mass is 319 g/mol. The Balaban J connectivity index is 2.05. The molecular formula is C16H17NO4S. The lowest BCUT2D eigenvalue weighted by molar-refractivity contribution is -0.134. The summed E-state index contributed by atoms with van der Waals surface area (Å²) in [6, 6.07) is 14.2. The van der Waals surface area contributed by atoms with Crippen molar-refractivity contribution in [1.29, 1.82) is 0 Å². The molecule has 0 fully saturated rings. The molecule has 5 nitrogen and oxygen atoms in total. The normalized spacial score (nSPS) is 11.1. The molecule has 0 radical (unpaired) electrons. The van der Waals surface area contributed by atoms with Crippen molar-refractivity contribution in [1.82, 2.24) is 0 Å². The van der Waals surface area contributed by atoms with Crippen LogP contribution in [0.4, 0.5) is 5.69 Å². The highest BCUT2D eigenvalue weighted by atomic mass is 32.2. The Morgan fingerprint density at radius 3 is 2.41 bits per heavy atom. The molecule has 22 heavy (non-hydrogen) atoms. The van der Waals surface area contributed by atoms with Gasteiger partial charge in [-0.1, -0.05) is 29.8 Å². The van der Waals surface area contributed by atoms with Gasteiger partial charge in [0.25, 0.3) is 0 Å². The number of nitrogens with one attached hydrogen (secondary N) is 1. The first-order chi connectivity index (χ1) is 10.4. The minimum atomic E-state index is -3.78. The lowest BCUT2D eigenvalue weighted by Gasteiger charge is -2.08. The fourth-order valence-electron chi connectivity index (χ4n) is 2.05. The number of sulfone groups is 1. The predicted octanol–water partition coefficient (Wildman–Crippen LogP) is 2.47. The summed E-state index contributed by atoms with van der Waals surface area (Å²) < 4.78 is 23.5. The van der Waals surface area contributed by atoms with Crippen molar-refractivity contribution in [3.63, 3.8) is 0 Å². The molecule has 0 aliphatic carbocycles. The third-order valence-corrected chi connectivity index (χ3v) is 4.72. The van der Waals surface area contributed by atoms with Gasteiger partial charge in [-0.05, 0) is 36.8 Å². The Morgan fingerprint density at radius 1 is 1.14 bits per heavy atom. The zero-order chi connectivity index (χ0) is 16.2. The molecular weight excluding hydrogens is 302 g/mol. The van der Waals surface area contributed by atoms with Crippen LogP contribution >= 0.6 is 0 Å². The van der Waals surface area contributed by atoms with Gasteiger partial charge in [0, 0.05) is 12.2 Å². The zero-order valence-corrected chi connectivity index (χ0v) is 12.9. The second-order valence-electron chi connectivity index (χ2n) is 5.02. The first-order valence-electron chi connectivity index (χ1n) is 6.71. The second-order valence-corrected chi connectivity index (χ2v) is 7.01. The van der Waals surface area contributed by atoms with Gasteiger partial charge >= 0.3 is 5.97 Å². The van der Waals surface area contributed by atoms with Crippen LogP contribution < -0.4 is 5.32 Å². The maximum absolute atomic E-state index is 11.8. The van der Waals surface area contributed by atoms with E-state index in [-0.39, 0.29) is 4.90 Å². The zero-order valence-electron chi connectivity index (χ0n) is 12.1. The van der Waals surface area contributed by atoms with Gasteiger partial charge in [-0.25, -0.2) is 8.42 Å². The summed E-state index contributed by atoms with van der Waals surface area (Å²) in [5.41, 5.74) is 3.08. The van der Waals surface area contributed by atoms with Crippen molar-refractivity contribution in [3.05, 3.63) is 59.7 Å². The van der Waals surface area contributed by atoms with Gasteiger partial charge in [0.2, 0.25) is 0 Å². The molecule has 0 bridgehead atoms. The highest BCUT2D eigenvalue weighted by Gasteiger charge is 2.18. The van der Waals surface area contributed by atoms with Crippen LogP contribution in [0.15, 0.2) is 53.4 Å². The molecule has 2 N–H and O–H groups in total. The quantitative estimate of drug-likeness (QED) is 0.854. The minimum Gasteiger partial charge on any atom is -0.480 e. The summed E-state index contributed by atoms with van der Waals surface area (Å²) in [5, 5.41) is 11.8. The molecule has 0 saturated carbocycles. The van der Waals surface area contributed by atoms with E-state index in [0.29, 0.717) is 6.54 Å². The van der Waals surface area contributed by atoms with E-state index in [1.807, 2.05) is 25.1 Å². The molecule has 2 aromatic carbocycles. The van der Waals surface area contributed by atoms with E-state index in [4.69, 9.17) is 5.11 Å². The third kappa shape index (κ3) is 4.33. The second kappa shape index (κ2) is 6.62. The van der Waals surface area contributed by atoms with Crippen molar-refractivity contribution in [2.45, 2.75) is 18.4 Å². The lowest BCUT2D eigenvalue weighted by Crippen LogP contribution is -2.15. The standard InChI is InChI=1S/C16H17NO4S/c1-12-3-2-4-13(9-12)10-17-14-5-7-15(8-6-14)22(20,21)11-16(18)19/h2-9,17H,10-11H2,1H3,(H,18,19). The van der Waals surface area contributed by atoms with Crippen LogP contribution in [0.5, 0.6) is 0 Å². The van der Waals surface area contributed by atoms with Gasteiger partial charge in [0.1, 0.15) is 0 Å². The molecule has 2 aromatic rings. The summed E-state index contributed by atoms with van der Waals surface area (Å²) >= 11 is 0. The fraction of sp³-hybridized carbons (Fsp3) is 0.188. The van der Waals surface area contributed by atoms with E-state index >= 15 is 0 Å². The first-order valence-corrected chi connectivity index (χ1v) is 8.36. The average Bonchev–Trinajstić information content (AvgIpc) is 2.44. The number of rotatable bonds is 6. The Morgan fingerprint density at radius 2 is 1.82 bits per heavy atom. The summed E-state index contributed by atoms with van der Waals surface area (Å²) in [5.74, 6) is -2.26. The Labute approximate surface area is 129 Å². The predicted molar refractivity (Wildman–Crippen MR) is 84.6 cm³/mol. The van der Waals surface area contributed by atoms with Crippen LogP contribution in [0, 0.1) is 6.92 Å². The van der Waals surface area contributed by atoms with Crippen molar-refractivity contribution < 1.29 is 18.3 Å². The largest absolute Gasteiger partial charge is 0.480 e. The van der Waals surface area contributed by atoms with Gasteiger partial charge in [0.15, 0.2) is 15.6 Å². The highest BCUT2D eigenvalue weighted by Crippen LogP contribution is 2.16. The van der Waals surface area contributed by atoms with Gasteiger partial charge in [-0.2, -0.15) is 0 Å². The van der Waals surface area contributed by atoms with Crippen LogP contribution in [0.2, 0.25) is 0 Å². The SMILES string of the molecule is Cc1cccc(CNc2ccc(S(=O)(=O)CC(=O)O)cc2)c1. The van der Waals surface area contributed by atoms with Crippen LogP contribution in [-0.2, 0) is 21.2 Å². The van der Waals surface area contributed by atoms with Crippen LogP contribution in [-0.4, -0.2) is 25.2 Å². The number of benzene rings is 2. The summed E-state index contributed by atoms with van der Waals surface area (Å²) in [6.07, 6.45) is 0. The number of carboxylic acids is 1. The molecule has 0 spiro atoms. The summed E-state index contributed by atoms with van der Waals surface area (Å²) in [6.45, 7) is 2.65. The van der Waals surface area contributed by atoms with E-state index in [0.717, 1.165) is 11.3 Å². The van der Waals surface area contributed by atoms with Crippen molar-refractivity contribution in [2.75, 3.05) is 11.1 Å². The van der Waals surface area contributed by atoms with E-state index in [1.54, 1.807) is 12.1 Å². The van der Waals surface area contributed by atoms with E-state index in [1.165, 1.54) is 17.7 Å². The number of aryl methyl sites for hydroxylation is 1. The molecule has 0 aliphatic heterocycles. The Hall–Kier alpha value is -2.34. The van der Waals surface area contributed by atoms with Crippen LogP contribution in [0.1, 0.15) is 11.1 Å². The van der Waals surface area contributed by atoms with Gasteiger partial charge in [0.05, 0.1) is 4.90 Å². The maximum Gasteiger partial charge on any atom is 0.319 e. The molecule has 2 rings (SSSR count). The Kier molecular flexibility index (Phi) is 4.82. The molecule has 0 unspecified atom stereocenters. The van der Waals surface area contributed by atoms with Gasteiger partial charge < -0.3 is 10.4 Å². The lowest BCUT2D eigenvalue weighted by atomic mass is 10.1. The molecule has 6 heteroatoms. The number of hydrogen-bond donors (Lipinski definition) is 2. The van der Waals surface area contributed by atoms with Crippen molar-refractivity contribution in [2.24, 2.45) is 0 Å². The third-order valence-electron chi connectivity index (χ3n) is 3.11. The van der Waals surface area contributed by atoms with Crippen molar-refractivity contribution >= 4 is 21.5 Å². The molecule has 0 heterocycles. The van der Waals surface area contributed by atoms with E-state index < -0.39 is 21.6 Å². The smallest absolute Gasteiger partial charge is 0.319 e. The van der Waals surface area contributed by atoms with E-state index in [9.17, 15) is 13.2 Å². The highest BCUT2D eigenvalue weighted by molar-refractivity contribution is 7.92. The topological polar surface area (TPSA) is 83.5 Å². The molecule has 0 atom stereocenters. The summed E-state index contributed by atoms with van der Waals surface area (Å²) in [4.78, 5) is 10.6. The number of carboxylic acid groups (broad SMARTS) is 1. The van der Waals surface area contributed by atoms with Gasteiger partial charge in [-0.15, -0.1) is 0 Å². The number of hydrogen-bond acceptors (Lipinski definition) is 4. The van der Waals surface area contributed by atoms with Gasteiger partial charge in [-0.3, -0.25) is 4.79 Å². The molecule has 0 amide bonds. The number of anilines is 1. The molecule has 116 valence electrons. The fourth-order valence-corrected chi connectivity index (χ4v) is 3.09. The van der Waals surface area contributed by atoms with Crippen LogP contribution in [0.3, 0.4) is 0 Å². The number of carbonyl (C=O) groups is 1. The summed E-state index contributed by atoms with van der Waals surface area (Å²) in [7, 11) is -3.78. The van der Waals surface area contributed by atoms with E-state index in [2.05, 4.69) is 11.4 Å². The van der Waals surface area contributed by atoms with Crippen LogP contribution in [0.25, 0.3) is 0 Å². The molecule has 0 aromatic heterocycles. The molecule has 0 saturated heterocycles. The first kappa shape index (κ1) is 16.0. The van der Waals surface area contributed by atoms with Crippen molar-refractivity contribution in [3.8, 4) is 0 Å². The average molecular weight is 319 g/mol.